The molecule has 0 fully saturated rings. The molecule has 6 heteroatoms. The maximum Gasteiger partial charge on any atom is 0.191 e. The Hall–Kier alpha value is -2.34. The third-order valence-electron chi connectivity index (χ3n) is 3.05. The van der Waals surface area contributed by atoms with Crippen molar-refractivity contribution in [1.82, 2.24) is 5.43 Å². The lowest BCUT2D eigenvalue weighted by molar-refractivity contribution is 0.582. The van der Waals surface area contributed by atoms with Gasteiger partial charge in [0.1, 0.15) is 11.6 Å². The fraction of sp³-hybridized carbons (Fsp3) is 0.125. The highest BCUT2D eigenvalue weighted by molar-refractivity contribution is 7.80. The SMILES string of the molecule is Cc1cccc(C)c1NC(=S)N/N=C/c1ccc(F)cc1F. The van der Waals surface area contributed by atoms with Gasteiger partial charge in [-0.3, -0.25) is 5.43 Å². The molecule has 0 spiro atoms. The zero-order valence-electron chi connectivity index (χ0n) is 12.2. The first-order valence-electron chi connectivity index (χ1n) is 6.58. The van der Waals surface area contributed by atoms with Crippen LogP contribution in [-0.2, 0) is 0 Å². The van der Waals surface area contributed by atoms with Crippen LogP contribution in [0.1, 0.15) is 16.7 Å². The van der Waals surface area contributed by atoms with E-state index in [1.54, 1.807) is 0 Å². The van der Waals surface area contributed by atoms with Crippen LogP contribution in [0.5, 0.6) is 0 Å². The van der Waals surface area contributed by atoms with E-state index in [1.807, 2.05) is 32.0 Å². The number of nitrogens with zero attached hydrogens (tertiary/aromatic N) is 1. The molecule has 0 bridgehead atoms. The first kappa shape index (κ1) is 16.0. The van der Waals surface area contributed by atoms with E-state index in [2.05, 4.69) is 15.8 Å². The van der Waals surface area contributed by atoms with Gasteiger partial charge in [0.2, 0.25) is 0 Å². The Labute approximate surface area is 133 Å². The zero-order chi connectivity index (χ0) is 16.1. The van der Waals surface area contributed by atoms with Crippen molar-refractivity contribution in [2.75, 3.05) is 5.32 Å². The van der Waals surface area contributed by atoms with Crippen molar-refractivity contribution in [3.8, 4) is 0 Å². The van der Waals surface area contributed by atoms with Crippen molar-refractivity contribution in [3.05, 3.63) is 64.7 Å². The van der Waals surface area contributed by atoms with Crippen molar-refractivity contribution in [2.24, 2.45) is 5.10 Å². The lowest BCUT2D eigenvalue weighted by Crippen LogP contribution is -2.24. The third-order valence-corrected chi connectivity index (χ3v) is 3.25. The molecule has 0 radical (unpaired) electrons. The van der Waals surface area contributed by atoms with Crippen molar-refractivity contribution >= 4 is 29.2 Å². The van der Waals surface area contributed by atoms with E-state index in [4.69, 9.17) is 12.2 Å². The van der Waals surface area contributed by atoms with Gasteiger partial charge in [0.05, 0.1) is 6.21 Å². The first-order chi connectivity index (χ1) is 10.5. The van der Waals surface area contributed by atoms with Crippen LogP contribution in [0.2, 0.25) is 0 Å². The van der Waals surface area contributed by atoms with E-state index in [-0.39, 0.29) is 10.7 Å². The Morgan fingerprint density at radius 3 is 2.45 bits per heavy atom. The van der Waals surface area contributed by atoms with Crippen LogP contribution in [0, 0.1) is 25.5 Å². The Bertz CT molecular complexity index is 709. The molecule has 0 unspecified atom stereocenters. The highest BCUT2D eigenvalue weighted by Crippen LogP contribution is 2.19. The lowest BCUT2D eigenvalue weighted by Gasteiger charge is -2.12. The molecule has 0 aromatic heterocycles. The quantitative estimate of drug-likeness (QED) is 0.512. The minimum atomic E-state index is -0.681. The van der Waals surface area contributed by atoms with Gasteiger partial charge in [-0.2, -0.15) is 5.10 Å². The first-order valence-corrected chi connectivity index (χ1v) is 6.99. The number of aryl methyl sites for hydroxylation is 2. The molecule has 0 amide bonds. The predicted octanol–water partition coefficient (Wildman–Crippen LogP) is 3.90. The summed E-state index contributed by atoms with van der Waals surface area (Å²) in [6, 6.07) is 9.16. The fourth-order valence-corrected chi connectivity index (χ4v) is 2.07. The van der Waals surface area contributed by atoms with Gasteiger partial charge in [-0.25, -0.2) is 8.78 Å². The summed E-state index contributed by atoms with van der Waals surface area (Å²) >= 11 is 5.13. The van der Waals surface area contributed by atoms with Gasteiger partial charge < -0.3 is 5.32 Å². The average molecular weight is 319 g/mol. The van der Waals surface area contributed by atoms with Crippen LogP contribution in [-0.4, -0.2) is 11.3 Å². The number of hydrogen-bond donors (Lipinski definition) is 2. The van der Waals surface area contributed by atoms with Crippen molar-refractivity contribution in [1.29, 1.82) is 0 Å². The smallest absolute Gasteiger partial charge is 0.191 e. The van der Waals surface area contributed by atoms with Gasteiger partial charge in [-0.15, -0.1) is 0 Å². The summed E-state index contributed by atoms with van der Waals surface area (Å²) < 4.78 is 26.2. The van der Waals surface area contributed by atoms with E-state index in [1.165, 1.54) is 12.3 Å². The molecule has 0 saturated carbocycles. The molecule has 0 atom stereocenters. The molecule has 2 aromatic carbocycles. The molecule has 0 heterocycles. The molecular weight excluding hydrogens is 304 g/mol. The number of para-hydroxylation sites is 1. The molecule has 2 rings (SSSR count). The van der Waals surface area contributed by atoms with E-state index < -0.39 is 11.6 Å². The van der Waals surface area contributed by atoms with Crippen LogP contribution in [0.25, 0.3) is 0 Å². The predicted molar refractivity (Wildman–Crippen MR) is 89.2 cm³/mol. The number of nitrogens with one attached hydrogen (secondary N) is 2. The number of thiocarbonyl (C=S) groups is 1. The van der Waals surface area contributed by atoms with Crippen LogP contribution in [0.15, 0.2) is 41.5 Å². The lowest BCUT2D eigenvalue weighted by atomic mass is 10.1. The Morgan fingerprint density at radius 2 is 1.82 bits per heavy atom. The summed E-state index contributed by atoms with van der Waals surface area (Å²) in [6.45, 7) is 3.93. The van der Waals surface area contributed by atoms with E-state index in [0.717, 1.165) is 28.9 Å². The number of benzene rings is 2. The van der Waals surface area contributed by atoms with Gasteiger partial charge in [0.15, 0.2) is 5.11 Å². The summed E-state index contributed by atoms with van der Waals surface area (Å²) in [7, 11) is 0. The summed E-state index contributed by atoms with van der Waals surface area (Å²) in [6.07, 6.45) is 1.24. The third kappa shape index (κ3) is 4.08. The molecule has 0 saturated heterocycles. The van der Waals surface area contributed by atoms with Crippen LogP contribution in [0.4, 0.5) is 14.5 Å². The summed E-state index contributed by atoms with van der Waals surface area (Å²) in [4.78, 5) is 0. The summed E-state index contributed by atoms with van der Waals surface area (Å²) in [5, 5.41) is 7.18. The standard InChI is InChI=1S/C16H15F2N3S/c1-10-4-3-5-11(2)15(10)20-16(22)21-19-9-12-6-7-13(17)8-14(12)18/h3-9H,1-2H3,(H2,20,21,22)/b19-9+. The molecule has 3 nitrogen and oxygen atoms in total. The van der Waals surface area contributed by atoms with Crippen molar-refractivity contribution in [2.45, 2.75) is 13.8 Å². The molecule has 0 aliphatic carbocycles. The highest BCUT2D eigenvalue weighted by atomic mass is 32.1. The topological polar surface area (TPSA) is 36.4 Å². The number of rotatable bonds is 3. The Kier molecular flexibility index (Phi) is 5.16. The van der Waals surface area contributed by atoms with Crippen LogP contribution >= 0.6 is 12.2 Å². The van der Waals surface area contributed by atoms with Crippen molar-refractivity contribution in [3.63, 3.8) is 0 Å². The highest BCUT2D eigenvalue weighted by Gasteiger charge is 2.04. The van der Waals surface area contributed by atoms with Gasteiger partial charge in [-0.05, 0) is 49.3 Å². The van der Waals surface area contributed by atoms with E-state index in [0.29, 0.717) is 0 Å². The van der Waals surface area contributed by atoms with Gasteiger partial charge in [0.25, 0.3) is 0 Å². The molecule has 22 heavy (non-hydrogen) atoms. The minimum Gasteiger partial charge on any atom is -0.331 e. The second-order valence-corrected chi connectivity index (χ2v) is 5.17. The maximum absolute atomic E-state index is 13.4. The van der Waals surface area contributed by atoms with Gasteiger partial charge >= 0.3 is 0 Å². The Balaban J connectivity index is 1.99. The minimum absolute atomic E-state index is 0.170. The monoisotopic (exact) mass is 319 g/mol. The summed E-state index contributed by atoms with van der Waals surface area (Å²) in [5.41, 5.74) is 5.79. The normalized spacial score (nSPS) is 10.7. The number of hydrogen-bond acceptors (Lipinski definition) is 2. The molecule has 2 N–H and O–H groups in total. The number of halogens is 2. The maximum atomic E-state index is 13.4. The Morgan fingerprint density at radius 1 is 1.14 bits per heavy atom. The number of anilines is 1. The van der Waals surface area contributed by atoms with Crippen LogP contribution < -0.4 is 10.7 Å². The largest absolute Gasteiger partial charge is 0.331 e. The van der Waals surface area contributed by atoms with E-state index in [9.17, 15) is 8.78 Å². The van der Waals surface area contributed by atoms with Gasteiger partial charge in [-0.1, -0.05) is 18.2 Å². The van der Waals surface area contributed by atoms with Crippen molar-refractivity contribution < 1.29 is 8.78 Å². The molecular formula is C16H15F2N3S. The summed E-state index contributed by atoms with van der Waals surface area (Å²) in [5.74, 6) is -1.31. The van der Waals surface area contributed by atoms with Gasteiger partial charge in [0, 0.05) is 17.3 Å². The van der Waals surface area contributed by atoms with E-state index >= 15 is 0 Å². The molecule has 0 aliphatic heterocycles. The second kappa shape index (κ2) is 7.09. The zero-order valence-corrected chi connectivity index (χ0v) is 13.0. The number of hydrazone groups is 1. The fourth-order valence-electron chi connectivity index (χ4n) is 1.92. The second-order valence-electron chi connectivity index (χ2n) is 4.76. The average Bonchev–Trinajstić information content (AvgIpc) is 2.45. The molecule has 2 aromatic rings. The molecule has 114 valence electrons. The molecule has 0 aliphatic rings. The van der Waals surface area contributed by atoms with Crippen LogP contribution in [0.3, 0.4) is 0 Å².